The van der Waals surface area contributed by atoms with Gasteiger partial charge in [0.15, 0.2) is 11.5 Å². The van der Waals surface area contributed by atoms with Gasteiger partial charge < -0.3 is 21.7 Å². The topological polar surface area (TPSA) is 35.1 Å². The maximum Gasteiger partial charge on any atom is 0.257 e. The Balaban J connectivity index is 0.00000208. The highest BCUT2D eigenvalue weighted by Crippen LogP contribution is 2.26. The van der Waals surface area contributed by atoms with Crippen LogP contribution in [0.2, 0.25) is 0 Å². The summed E-state index contributed by atoms with van der Waals surface area (Å²) in [6.45, 7) is 7.42. The van der Waals surface area contributed by atoms with Gasteiger partial charge in [-0.25, -0.2) is 9.13 Å². The third-order valence-electron chi connectivity index (χ3n) is 4.53. The van der Waals surface area contributed by atoms with E-state index in [-0.39, 0.29) is 28.2 Å². The fourth-order valence-corrected chi connectivity index (χ4v) is 3.03. The molecular formula is C19H25BrN2O2. The number of Topliss-reactive ketones (excluding diaryl/α,β-unsaturated/α-hetero) is 1. The minimum Gasteiger partial charge on any atom is -1.00 e. The zero-order valence-electron chi connectivity index (χ0n) is 14.8. The van der Waals surface area contributed by atoms with E-state index in [0.29, 0.717) is 6.54 Å². The molecule has 5 heteroatoms. The van der Waals surface area contributed by atoms with Crippen molar-refractivity contribution in [3.63, 3.8) is 0 Å². The number of carbonyl (C=O) groups is 1. The van der Waals surface area contributed by atoms with Crippen LogP contribution in [0.15, 0.2) is 30.5 Å². The molecule has 0 amide bonds. The molecule has 130 valence electrons. The van der Waals surface area contributed by atoms with E-state index in [0.717, 1.165) is 30.7 Å². The van der Waals surface area contributed by atoms with E-state index < -0.39 is 0 Å². The molecule has 0 N–H and O–H groups in total. The van der Waals surface area contributed by atoms with Gasteiger partial charge in [-0.1, -0.05) is 20.8 Å². The first-order valence-corrected chi connectivity index (χ1v) is 8.20. The van der Waals surface area contributed by atoms with Crippen molar-refractivity contribution in [1.29, 1.82) is 0 Å². The maximum absolute atomic E-state index is 12.4. The van der Waals surface area contributed by atoms with Crippen LogP contribution in [-0.2, 0) is 24.3 Å². The molecule has 0 spiro atoms. The summed E-state index contributed by atoms with van der Waals surface area (Å²) < 4.78 is 9.72. The predicted octanol–water partition coefficient (Wildman–Crippen LogP) is 0.0166. The number of ketones is 1. The van der Waals surface area contributed by atoms with Crippen LogP contribution in [0, 0.1) is 5.41 Å². The molecule has 1 aromatic carbocycles. The number of hydrogen-bond acceptors (Lipinski definition) is 2. The second kappa shape index (κ2) is 7.09. The highest BCUT2D eigenvalue weighted by molar-refractivity contribution is 5.82. The number of ether oxygens (including phenoxy) is 1. The van der Waals surface area contributed by atoms with Crippen LogP contribution < -0.4 is 26.3 Å². The molecule has 0 radical (unpaired) electrons. The smallest absolute Gasteiger partial charge is 0.257 e. The number of imidazole rings is 1. The van der Waals surface area contributed by atoms with Crippen molar-refractivity contribution >= 4 is 5.78 Å². The molecule has 0 unspecified atom stereocenters. The zero-order valence-corrected chi connectivity index (χ0v) is 16.4. The van der Waals surface area contributed by atoms with E-state index in [1.807, 2.05) is 32.9 Å². The zero-order chi connectivity index (χ0) is 16.6. The van der Waals surface area contributed by atoms with Crippen LogP contribution >= 0.6 is 0 Å². The van der Waals surface area contributed by atoms with Gasteiger partial charge in [-0.15, -0.1) is 0 Å². The van der Waals surface area contributed by atoms with Gasteiger partial charge in [0.1, 0.15) is 18.5 Å². The second-order valence-electron chi connectivity index (χ2n) is 7.22. The largest absolute Gasteiger partial charge is 1.00 e. The molecule has 0 bridgehead atoms. The number of halogens is 1. The minimum atomic E-state index is -0.305. The highest BCUT2D eigenvalue weighted by atomic mass is 79.9. The van der Waals surface area contributed by atoms with Crippen molar-refractivity contribution in [2.24, 2.45) is 5.41 Å². The summed E-state index contributed by atoms with van der Waals surface area (Å²) in [6.07, 6.45) is 4.30. The van der Waals surface area contributed by atoms with Crippen LogP contribution in [0.3, 0.4) is 0 Å². The van der Waals surface area contributed by atoms with Gasteiger partial charge in [-0.2, -0.15) is 0 Å². The van der Waals surface area contributed by atoms with Crippen molar-refractivity contribution in [2.45, 2.75) is 46.7 Å². The summed E-state index contributed by atoms with van der Waals surface area (Å²) in [5.41, 5.74) is 2.04. The molecule has 0 saturated heterocycles. The first kappa shape index (κ1) is 18.7. The molecule has 0 atom stereocenters. The van der Waals surface area contributed by atoms with Gasteiger partial charge in [0, 0.05) is 11.0 Å². The quantitative estimate of drug-likeness (QED) is 0.687. The lowest BCUT2D eigenvalue weighted by atomic mass is 9.91. The summed E-state index contributed by atoms with van der Waals surface area (Å²) in [7, 11) is 1.68. The van der Waals surface area contributed by atoms with Gasteiger partial charge in [0.25, 0.3) is 5.82 Å². The molecular weight excluding hydrogens is 368 g/mol. The molecule has 1 aromatic heterocycles. The summed E-state index contributed by atoms with van der Waals surface area (Å²) in [5.74, 6) is 2.38. The predicted molar refractivity (Wildman–Crippen MR) is 89.4 cm³/mol. The number of benzene rings is 1. The van der Waals surface area contributed by atoms with E-state index in [9.17, 15) is 4.79 Å². The Morgan fingerprint density at radius 1 is 1.25 bits per heavy atom. The van der Waals surface area contributed by atoms with Gasteiger partial charge in [-0.05, 0) is 30.7 Å². The summed E-state index contributed by atoms with van der Waals surface area (Å²) in [4.78, 5) is 12.4. The summed E-state index contributed by atoms with van der Waals surface area (Å²) in [5, 5.41) is 0. The molecule has 24 heavy (non-hydrogen) atoms. The Morgan fingerprint density at radius 3 is 2.50 bits per heavy atom. The number of nitrogens with zero attached hydrogens (tertiary/aromatic N) is 2. The molecule has 3 rings (SSSR count). The third-order valence-corrected chi connectivity index (χ3v) is 4.53. The fraction of sp³-hybridized carbons (Fsp3) is 0.474. The third kappa shape index (κ3) is 3.56. The number of aromatic nitrogens is 2. The fourth-order valence-electron chi connectivity index (χ4n) is 3.03. The van der Waals surface area contributed by atoms with E-state index in [4.69, 9.17) is 4.74 Å². The molecule has 2 heterocycles. The van der Waals surface area contributed by atoms with E-state index >= 15 is 0 Å². The Morgan fingerprint density at radius 2 is 1.92 bits per heavy atom. The van der Waals surface area contributed by atoms with Crippen LogP contribution in [0.4, 0.5) is 0 Å². The van der Waals surface area contributed by atoms with Gasteiger partial charge in [0.05, 0.1) is 20.1 Å². The Kier molecular flexibility index (Phi) is 5.53. The van der Waals surface area contributed by atoms with Gasteiger partial charge in [-0.3, -0.25) is 4.79 Å². The van der Waals surface area contributed by atoms with Crippen LogP contribution in [-0.4, -0.2) is 17.5 Å². The molecule has 1 aliphatic heterocycles. The lowest BCUT2D eigenvalue weighted by Gasteiger charge is -2.14. The number of rotatable bonds is 4. The second-order valence-corrected chi connectivity index (χ2v) is 7.22. The molecule has 1 aliphatic rings. The molecule has 0 aliphatic carbocycles. The highest BCUT2D eigenvalue weighted by Gasteiger charge is 2.31. The SMILES string of the molecule is COc1ccc(-c2c[n+](CC(=O)C(C)(C)C)c3n2CCC3)cc1.[Br-]. The maximum atomic E-state index is 12.4. The van der Waals surface area contributed by atoms with Crippen molar-refractivity contribution in [3.8, 4) is 17.0 Å². The van der Waals surface area contributed by atoms with Gasteiger partial charge in [0.2, 0.25) is 0 Å². The van der Waals surface area contributed by atoms with Crippen LogP contribution in [0.1, 0.15) is 33.0 Å². The minimum absolute atomic E-state index is 0. The van der Waals surface area contributed by atoms with Crippen molar-refractivity contribution < 1.29 is 31.1 Å². The summed E-state index contributed by atoms with van der Waals surface area (Å²) >= 11 is 0. The lowest BCUT2D eigenvalue weighted by molar-refractivity contribution is -0.690. The average Bonchev–Trinajstić information content (AvgIpc) is 3.10. The normalized spacial score (nSPS) is 13.3. The number of methoxy groups -OCH3 is 1. The van der Waals surface area contributed by atoms with E-state index in [1.165, 1.54) is 11.5 Å². The van der Waals surface area contributed by atoms with Crippen LogP contribution in [0.25, 0.3) is 11.3 Å². The number of fused-ring (bicyclic) bond motifs is 1. The van der Waals surface area contributed by atoms with Crippen molar-refractivity contribution in [1.82, 2.24) is 4.57 Å². The Labute approximate surface area is 154 Å². The van der Waals surface area contributed by atoms with Crippen LogP contribution in [0.5, 0.6) is 5.75 Å². The average molecular weight is 393 g/mol. The Hall–Kier alpha value is -1.62. The number of carbonyl (C=O) groups excluding carboxylic acids is 1. The first-order chi connectivity index (χ1) is 10.9. The Bertz CT molecular complexity index is 727. The molecule has 2 aromatic rings. The van der Waals surface area contributed by atoms with E-state index in [1.54, 1.807) is 7.11 Å². The standard InChI is InChI=1S/C19H25N2O2.BrH/c1-19(2,3)17(22)13-20-12-16(21-11-5-6-18(20)21)14-7-9-15(23-4)10-8-14;/h7-10,12H,5-6,11,13H2,1-4H3;1H/q+1;/p-1. The first-order valence-electron chi connectivity index (χ1n) is 8.20. The van der Waals surface area contributed by atoms with Crippen molar-refractivity contribution in [2.75, 3.05) is 7.11 Å². The van der Waals surface area contributed by atoms with Gasteiger partial charge >= 0.3 is 0 Å². The monoisotopic (exact) mass is 392 g/mol. The lowest BCUT2D eigenvalue weighted by Crippen LogP contribution is -3.00. The molecule has 0 fully saturated rings. The molecule has 0 saturated carbocycles. The molecule has 4 nitrogen and oxygen atoms in total. The van der Waals surface area contributed by atoms with Crippen molar-refractivity contribution in [3.05, 3.63) is 36.3 Å². The number of hydrogen-bond donors (Lipinski definition) is 0. The van der Waals surface area contributed by atoms with E-state index in [2.05, 4.69) is 27.5 Å². The summed E-state index contributed by atoms with van der Waals surface area (Å²) in [6, 6.07) is 8.12.